The average Bonchev–Trinajstić information content (AvgIpc) is 2.53. The van der Waals surface area contributed by atoms with Crippen molar-refractivity contribution < 1.29 is 4.79 Å². The van der Waals surface area contributed by atoms with Gasteiger partial charge in [-0.25, -0.2) is 0 Å². The van der Waals surface area contributed by atoms with Crippen LogP contribution in [0.3, 0.4) is 0 Å². The fraction of sp³-hybridized carbons (Fsp3) is 0.286. The van der Waals surface area contributed by atoms with Crippen molar-refractivity contribution in [2.75, 3.05) is 5.75 Å². The number of aldehydes is 1. The van der Waals surface area contributed by atoms with E-state index in [9.17, 15) is 9.59 Å². The lowest BCUT2D eigenvalue weighted by Gasteiger charge is -2.04. The van der Waals surface area contributed by atoms with Crippen LogP contribution < -0.4 is 5.56 Å². The minimum absolute atomic E-state index is 0.0482. The number of hydrogen-bond donors (Lipinski definition) is 0. The Morgan fingerprint density at radius 2 is 2.38 bits per heavy atom. The maximum absolute atomic E-state index is 11.2. The van der Waals surface area contributed by atoms with Gasteiger partial charge in [0, 0.05) is 12.3 Å². The third-order valence-corrected chi connectivity index (χ3v) is 3.15. The van der Waals surface area contributed by atoms with Gasteiger partial charge in [0.25, 0.3) is 5.56 Å². The zero-order valence-corrected chi connectivity index (χ0v) is 8.06. The first-order chi connectivity index (χ1) is 6.24. The van der Waals surface area contributed by atoms with Crippen LogP contribution >= 0.6 is 23.4 Å². The van der Waals surface area contributed by atoms with E-state index in [4.69, 9.17) is 11.6 Å². The van der Waals surface area contributed by atoms with Gasteiger partial charge in [-0.05, 0) is 0 Å². The second-order valence-corrected chi connectivity index (χ2v) is 3.94. The van der Waals surface area contributed by atoms with Crippen LogP contribution in [-0.4, -0.2) is 21.6 Å². The Morgan fingerprint density at radius 3 is 3.08 bits per heavy atom. The Morgan fingerprint density at radius 1 is 1.62 bits per heavy atom. The van der Waals surface area contributed by atoms with Crippen molar-refractivity contribution in [3.8, 4) is 0 Å². The largest absolute Gasteiger partial charge is 0.310 e. The van der Waals surface area contributed by atoms with E-state index in [2.05, 4.69) is 4.98 Å². The highest BCUT2D eigenvalue weighted by molar-refractivity contribution is 7.99. The second-order valence-electron chi connectivity index (χ2n) is 2.52. The molecule has 0 radical (unpaired) electrons. The molecule has 6 heteroatoms. The molecule has 4 nitrogen and oxygen atoms in total. The van der Waals surface area contributed by atoms with E-state index in [1.54, 1.807) is 4.57 Å². The van der Waals surface area contributed by atoms with Crippen molar-refractivity contribution in [3.63, 3.8) is 0 Å². The van der Waals surface area contributed by atoms with Crippen LogP contribution in [0.4, 0.5) is 0 Å². The topological polar surface area (TPSA) is 52.0 Å². The van der Waals surface area contributed by atoms with E-state index in [-0.39, 0.29) is 10.7 Å². The number of nitrogens with zero attached hydrogens (tertiary/aromatic N) is 2. The van der Waals surface area contributed by atoms with Crippen LogP contribution in [0.25, 0.3) is 0 Å². The van der Waals surface area contributed by atoms with Gasteiger partial charge >= 0.3 is 0 Å². The summed E-state index contributed by atoms with van der Waals surface area (Å²) >= 11 is 7.30. The van der Waals surface area contributed by atoms with Gasteiger partial charge < -0.3 is 4.57 Å². The van der Waals surface area contributed by atoms with Crippen LogP contribution in [0.5, 0.6) is 0 Å². The fourth-order valence-corrected chi connectivity index (χ4v) is 2.44. The molecule has 0 unspecified atom stereocenters. The van der Waals surface area contributed by atoms with Crippen LogP contribution in [0.2, 0.25) is 5.15 Å². The zero-order valence-electron chi connectivity index (χ0n) is 6.49. The summed E-state index contributed by atoms with van der Waals surface area (Å²) in [4.78, 5) is 25.4. The van der Waals surface area contributed by atoms with Crippen molar-refractivity contribution in [3.05, 3.63) is 21.1 Å². The van der Waals surface area contributed by atoms with Gasteiger partial charge in [0.2, 0.25) is 0 Å². The van der Waals surface area contributed by atoms with E-state index in [1.807, 2.05) is 0 Å². The van der Waals surface area contributed by atoms with Gasteiger partial charge in [0.05, 0.1) is 0 Å². The Kier molecular flexibility index (Phi) is 2.13. The molecular formula is C7H5ClN2O2S. The summed E-state index contributed by atoms with van der Waals surface area (Å²) in [6, 6.07) is 0. The molecule has 0 aliphatic carbocycles. The Hall–Kier alpha value is -0.810. The highest BCUT2D eigenvalue weighted by atomic mass is 35.5. The first-order valence-corrected chi connectivity index (χ1v) is 4.98. The maximum atomic E-state index is 11.2. The molecule has 68 valence electrons. The minimum Gasteiger partial charge on any atom is -0.310 e. The van der Waals surface area contributed by atoms with Crippen LogP contribution in [-0.2, 0) is 6.54 Å². The average molecular weight is 217 g/mol. The lowest BCUT2D eigenvalue weighted by molar-refractivity contribution is 0.112. The number of halogens is 1. The molecule has 0 spiro atoms. The molecule has 0 aromatic carbocycles. The SMILES string of the molecule is O=Cc1c(Cl)n2c(nc1=O)SCC2. The summed E-state index contributed by atoms with van der Waals surface area (Å²) in [6.45, 7) is 0.701. The Labute approximate surface area is 82.9 Å². The molecule has 0 N–H and O–H groups in total. The lowest BCUT2D eigenvalue weighted by atomic mass is 10.4. The molecule has 0 bridgehead atoms. The van der Waals surface area contributed by atoms with Gasteiger partial charge in [0.1, 0.15) is 10.7 Å². The normalized spacial score (nSPS) is 14.2. The third-order valence-electron chi connectivity index (χ3n) is 1.78. The number of aromatic nitrogens is 2. The molecule has 0 amide bonds. The highest BCUT2D eigenvalue weighted by Crippen LogP contribution is 2.26. The number of rotatable bonds is 1. The van der Waals surface area contributed by atoms with Crippen molar-refractivity contribution in [2.24, 2.45) is 0 Å². The van der Waals surface area contributed by atoms with E-state index in [0.29, 0.717) is 18.0 Å². The molecule has 0 atom stereocenters. The minimum atomic E-state index is -0.541. The molecule has 0 saturated carbocycles. The van der Waals surface area contributed by atoms with E-state index in [0.717, 1.165) is 5.75 Å². The van der Waals surface area contributed by atoms with Gasteiger partial charge in [-0.2, -0.15) is 4.98 Å². The monoisotopic (exact) mass is 216 g/mol. The van der Waals surface area contributed by atoms with Gasteiger partial charge in [-0.15, -0.1) is 0 Å². The van der Waals surface area contributed by atoms with Crippen molar-refractivity contribution in [1.82, 2.24) is 9.55 Å². The summed E-state index contributed by atoms with van der Waals surface area (Å²) in [5.41, 5.74) is -0.589. The number of thioether (sulfide) groups is 1. The van der Waals surface area contributed by atoms with E-state index < -0.39 is 5.56 Å². The number of fused-ring (bicyclic) bond motifs is 1. The van der Waals surface area contributed by atoms with Crippen molar-refractivity contribution in [1.29, 1.82) is 0 Å². The summed E-state index contributed by atoms with van der Waals surface area (Å²) in [5, 5.41) is 0.801. The van der Waals surface area contributed by atoms with Crippen LogP contribution in [0.15, 0.2) is 9.95 Å². The van der Waals surface area contributed by atoms with E-state index >= 15 is 0 Å². The molecule has 1 aromatic heterocycles. The quantitative estimate of drug-likeness (QED) is 0.396. The molecular weight excluding hydrogens is 212 g/mol. The maximum Gasteiger partial charge on any atom is 0.285 e. The first-order valence-electron chi connectivity index (χ1n) is 3.62. The van der Waals surface area contributed by atoms with Crippen molar-refractivity contribution >= 4 is 29.6 Å². The first kappa shape index (κ1) is 8.77. The Balaban J connectivity index is 2.76. The summed E-state index contributed by atoms with van der Waals surface area (Å²) in [5.74, 6) is 0.842. The summed E-state index contributed by atoms with van der Waals surface area (Å²) < 4.78 is 1.68. The predicted molar refractivity (Wildman–Crippen MR) is 49.6 cm³/mol. The standard InChI is InChI=1S/C7H5ClN2O2S/c8-5-4(3-11)6(12)9-7-10(5)1-2-13-7/h3H,1-2H2. The van der Waals surface area contributed by atoms with Gasteiger partial charge in [-0.1, -0.05) is 23.4 Å². The molecule has 0 saturated heterocycles. The smallest absolute Gasteiger partial charge is 0.285 e. The predicted octanol–water partition coefficient (Wildman–Crippen LogP) is 0.815. The lowest BCUT2D eigenvalue weighted by Crippen LogP contribution is -2.18. The van der Waals surface area contributed by atoms with Gasteiger partial charge in [-0.3, -0.25) is 9.59 Å². The summed E-state index contributed by atoms with van der Waals surface area (Å²) in [6.07, 6.45) is 0.452. The molecule has 2 heterocycles. The molecule has 1 aliphatic rings. The number of carbonyl (C=O) groups is 1. The Bertz CT molecular complexity index is 429. The molecule has 13 heavy (non-hydrogen) atoms. The molecule has 1 aliphatic heterocycles. The van der Waals surface area contributed by atoms with Gasteiger partial charge in [0.15, 0.2) is 11.4 Å². The summed E-state index contributed by atoms with van der Waals surface area (Å²) in [7, 11) is 0. The van der Waals surface area contributed by atoms with E-state index in [1.165, 1.54) is 11.8 Å². The number of carbonyl (C=O) groups excluding carboxylic acids is 1. The zero-order chi connectivity index (χ0) is 9.42. The van der Waals surface area contributed by atoms with Crippen LogP contribution in [0.1, 0.15) is 10.4 Å². The third kappa shape index (κ3) is 1.28. The fourth-order valence-electron chi connectivity index (χ4n) is 1.16. The second kappa shape index (κ2) is 3.16. The number of hydrogen-bond acceptors (Lipinski definition) is 4. The molecule has 0 fully saturated rings. The molecule has 1 aromatic rings. The van der Waals surface area contributed by atoms with Crippen molar-refractivity contribution in [2.45, 2.75) is 11.7 Å². The molecule has 2 rings (SSSR count). The highest BCUT2D eigenvalue weighted by Gasteiger charge is 2.19. The van der Waals surface area contributed by atoms with Crippen LogP contribution in [0, 0.1) is 0 Å².